The lowest BCUT2D eigenvalue weighted by Crippen LogP contribution is -2.55. The van der Waals surface area contributed by atoms with Crippen LogP contribution in [0.25, 0.3) is 0 Å². The molecular formula is C29H48O2. The molecule has 9 atom stereocenters. The molecule has 0 aromatic rings. The van der Waals surface area contributed by atoms with Gasteiger partial charge in [0, 0.05) is 11.3 Å². The summed E-state index contributed by atoms with van der Waals surface area (Å²) in [7, 11) is 0. The molecule has 0 spiro atoms. The van der Waals surface area contributed by atoms with E-state index in [4.69, 9.17) is 0 Å². The van der Waals surface area contributed by atoms with E-state index in [1.54, 1.807) is 6.92 Å². The largest absolute Gasteiger partial charge is 0.393 e. The first kappa shape index (κ1) is 23.5. The van der Waals surface area contributed by atoms with Crippen LogP contribution in [0.1, 0.15) is 106 Å². The lowest BCUT2D eigenvalue weighted by Gasteiger charge is -2.60. The summed E-state index contributed by atoms with van der Waals surface area (Å²) in [5.41, 5.74) is 1.88. The molecular weight excluding hydrogens is 380 g/mol. The first-order chi connectivity index (χ1) is 14.6. The summed E-state index contributed by atoms with van der Waals surface area (Å²) in [6.07, 6.45) is 14.4. The molecule has 0 heterocycles. The topological polar surface area (TPSA) is 37.3 Å². The molecule has 0 saturated heterocycles. The van der Waals surface area contributed by atoms with Gasteiger partial charge in [-0.15, -0.1) is 0 Å². The van der Waals surface area contributed by atoms with Crippen molar-refractivity contribution in [3.8, 4) is 0 Å². The number of hydrogen-bond donors (Lipinski definition) is 1. The normalized spacial score (nSPS) is 45.5. The van der Waals surface area contributed by atoms with Gasteiger partial charge in [-0.3, -0.25) is 4.79 Å². The number of ketones is 1. The van der Waals surface area contributed by atoms with E-state index in [0.29, 0.717) is 23.5 Å². The van der Waals surface area contributed by atoms with Gasteiger partial charge in [-0.25, -0.2) is 0 Å². The molecule has 4 aliphatic carbocycles. The number of rotatable bonds is 6. The van der Waals surface area contributed by atoms with Crippen LogP contribution in [0.5, 0.6) is 0 Å². The second-order valence-electron chi connectivity index (χ2n) is 12.9. The molecule has 3 saturated carbocycles. The third-order valence-corrected chi connectivity index (χ3v) is 10.9. The molecule has 31 heavy (non-hydrogen) atoms. The fourth-order valence-electron chi connectivity index (χ4n) is 9.35. The quantitative estimate of drug-likeness (QED) is 0.454. The highest BCUT2D eigenvalue weighted by molar-refractivity contribution is 5.80. The summed E-state index contributed by atoms with van der Waals surface area (Å²) in [5.74, 6) is 5.01. The minimum Gasteiger partial charge on any atom is -0.393 e. The summed E-state index contributed by atoms with van der Waals surface area (Å²) in [4.78, 5) is 12.7. The van der Waals surface area contributed by atoms with Crippen molar-refractivity contribution in [3.05, 3.63) is 11.6 Å². The van der Waals surface area contributed by atoms with E-state index in [0.717, 1.165) is 36.0 Å². The summed E-state index contributed by atoms with van der Waals surface area (Å²) in [5, 5.41) is 10.5. The van der Waals surface area contributed by atoms with Gasteiger partial charge in [0.15, 0.2) is 0 Å². The summed E-state index contributed by atoms with van der Waals surface area (Å²) >= 11 is 0. The van der Waals surface area contributed by atoms with E-state index in [2.05, 4.69) is 40.7 Å². The third-order valence-electron chi connectivity index (χ3n) is 10.9. The average molecular weight is 429 g/mol. The number of allylic oxidation sites excluding steroid dienone is 1. The van der Waals surface area contributed by atoms with Crippen LogP contribution in [-0.4, -0.2) is 17.0 Å². The van der Waals surface area contributed by atoms with Crippen molar-refractivity contribution in [2.24, 2.45) is 52.3 Å². The number of carbonyl (C=O) groups excluding carboxylic acids is 1. The minimum atomic E-state index is -0.332. The zero-order valence-corrected chi connectivity index (χ0v) is 21.1. The SMILES string of the molecule is CC(=O)C1C[C@H](O)CC2=CC[C@H]3[C@@H]4CC[C@H]([C@H](C)CCCC(C)C)[C@@]4(C)CC[C@@H]3[C@]21C. The Morgan fingerprint density at radius 1 is 1.13 bits per heavy atom. The van der Waals surface area contributed by atoms with Crippen LogP contribution in [0.2, 0.25) is 0 Å². The first-order valence-corrected chi connectivity index (χ1v) is 13.5. The highest BCUT2D eigenvalue weighted by atomic mass is 16.3. The van der Waals surface area contributed by atoms with Crippen molar-refractivity contribution in [3.63, 3.8) is 0 Å². The molecule has 0 aromatic carbocycles. The van der Waals surface area contributed by atoms with Gasteiger partial charge in [-0.05, 0) is 92.8 Å². The Kier molecular flexibility index (Phi) is 6.54. The van der Waals surface area contributed by atoms with Crippen LogP contribution < -0.4 is 0 Å². The maximum Gasteiger partial charge on any atom is 0.133 e. The number of Topliss-reactive ketones (excluding diaryl/α,β-unsaturated/α-hetero) is 1. The van der Waals surface area contributed by atoms with E-state index in [9.17, 15) is 9.90 Å². The predicted octanol–water partition coefficient (Wildman–Crippen LogP) is 7.20. The molecule has 2 nitrogen and oxygen atoms in total. The molecule has 1 N–H and O–H groups in total. The molecule has 0 bridgehead atoms. The molecule has 4 aliphatic rings. The number of hydrogen-bond acceptors (Lipinski definition) is 2. The van der Waals surface area contributed by atoms with Crippen LogP contribution in [0, 0.1) is 52.3 Å². The van der Waals surface area contributed by atoms with Crippen molar-refractivity contribution in [1.82, 2.24) is 0 Å². The molecule has 0 amide bonds. The van der Waals surface area contributed by atoms with Crippen LogP contribution in [0.4, 0.5) is 0 Å². The molecule has 0 radical (unpaired) electrons. The Morgan fingerprint density at radius 3 is 2.55 bits per heavy atom. The Morgan fingerprint density at radius 2 is 1.87 bits per heavy atom. The van der Waals surface area contributed by atoms with Crippen LogP contribution >= 0.6 is 0 Å². The fraction of sp³-hybridized carbons (Fsp3) is 0.897. The minimum absolute atomic E-state index is 0.00631. The summed E-state index contributed by atoms with van der Waals surface area (Å²) in [6.45, 7) is 14.0. The van der Waals surface area contributed by atoms with Crippen molar-refractivity contribution in [1.29, 1.82) is 0 Å². The van der Waals surface area contributed by atoms with Gasteiger partial charge in [0.25, 0.3) is 0 Å². The van der Waals surface area contributed by atoms with Gasteiger partial charge < -0.3 is 5.11 Å². The maximum atomic E-state index is 12.7. The van der Waals surface area contributed by atoms with Gasteiger partial charge >= 0.3 is 0 Å². The predicted molar refractivity (Wildman–Crippen MR) is 129 cm³/mol. The Labute approximate surface area is 191 Å². The molecule has 0 aromatic heterocycles. The zero-order chi connectivity index (χ0) is 22.6. The fourth-order valence-corrected chi connectivity index (χ4v) is 9.35. The highest BCUT2D eigenvalue weighted by Gasteiger charge is 2.61. The van der Waals surface area contributed by atoms with Crippen LogP contribution in [0.3, 0.4) is 0 Å². The van der Waals surface area contributed by atoms with E-state index in [1.807, 2.05) is 0 Å². The summed E-state index contributed by atoms with van der Waals surface area (Å²) in [6, 6.07) is 0. The van der Waals surface area contributed by atoms with Gasteiger partial charge in [0.1, 0.15) is 5.78 Å². The highest BCUT2D eigenvalue weighted by Crippen LogP contribution is 2.68. The molecule has 3 fully saturated rings. The van der Waals surface area contributed by atoms with Gasteiger partial charge in [-0.1, -0.05) is 65.5 Å². The molecule has 1 unspecified atom stereocenters. The Bertz CT molecular complexity index is 708. The molecule has 2 heteroatoms. The average Bonchev–Trinajstić information content (AvgIpc) is 3.04. The van der Waals surface area contributed by atoms with E-state index < -0.39 is 0 Å². The molecule has 0 aliphatic heterocycles. The Hall–Kier alpha value is -0.630. The summed E-state index contributed by atoms with van der Waals surface area (Å²) < 4.78 is 0. The van der Waals surface area contributed by atoms with Crippen LogP contribution in [-0.2, 0) is 4.79 Å². The van der Waals surface area contributed by atoms with Gasteiger partial charge in [-0.2, -0.15) is 0 Å². The second-order valence-corrected chi connectivity index (χ2v) is 12.9. The standard InChI is InChI=1S/C29H48O2/c1-18(2)8-7-9-19(3)24-12-13-25-23-11-10-21-16-22(31)17-27(20(4)30)29(21,6)26(23)14-15-28(24,25)5/h10,18-19,22-27,31H,7-9,11-17H2,1-6H3/t19-,22-,23+,24-,25+,26+,27?,28-,29+/m1/s1. The lowest BCUT2D eigenvalue weighted by atomic mass is 9.44. The van der Waals surface area contributed by atoms with Crippen molar-refractivity contribution >= 4 is 5.78 Å². The number of aliphatic hydroxyl groups excluding tert-OH is 1. The Balaban J connectivity index is 1.56. The smallest absolute Gasteiger partial charge is 0.133 e. The lowest BCUT2D eigenvalue weighted by molar-refractivity contribution is -0.134. The van der Waals surface area contributed by atoms with Crippen molar-refractivity contribution in [2.45, 2.75) is 112 Å². The van der Waals surface area contributed by atoms with Crippen LogP contribution in [0.15, 0.2) is 11.6 Å². The molecule has 4 rings (SSSR count). The number of fused-ring (bicyclic) bond motifs is 5. The number of aliphatic hydroxyl groups is 1. The second kappa shape index (κ2) is 8.62. The van der Waals surface area contributed by atoms with E-state index in [-0.39, 0.29) is 17.4 Å². The van der Waals surface area contributed by atoms with E-state index in [1.165, 1.54) is 56.9 Å². The first-order valence-electron chi connectivity index (χ1n) is 13.5. The third kappa shape index (κ3) is 3.87. The maximum absolute atomic E-state index is 12.7. The monoisotopic (exact) mass is 428 g/mol. The van der Waals surface area contributed by atoms with Gasteiger partial charge in [0.2, 0.25) is 0 Å². The van der Waals surface area contributed by atoms with E-state index >= 15 is 0 Å². The molecule has 176 valence electrons. The zero-order valence-electron chi connectivity index (χ0n) is 21.1. The number of carbonyl (C=O) groups is 1. The van der Waals surface area contributed by atoms with Gasteiger partial charge in [0.05, 0.1) is 6.10 Å². The van der Waals surface area contributed by atoms with Crippen molar-refractivity contribution < 1.29 is 9.90 Å². The van der Waals surface area contributed by atoms with Crippen molar-refractivity contribution in [2.75, 3.05) is 0 Å².